The number of nitrogens with one attached hydrogen (secondary N) is 3. The Morgan fingerprint density at radius 3 is 2.23 bits per heavy atom. The highest BCUT2D eigenvalue weighted by atomic mass is 32.2. The fourth-order valence-corrected chi connectivity index (χ4v) is 3.61. The van der Waals surface area contributed by atoms with Crippen LogP contribution in [0.4, 0.5) is 16.2 Å². The number of benzene rings is 2. The van der Waals surface area contributed by atoms with Gasteiger partial charge in [-0.2, -0.15) is 0 Å². The van der Waals surface area contributed by atoms with Crippen LogP contribution >= 0.6 is 0 Å². The van der Waals surface area contributed by atoms with Gasteiger partial charge in [0.15, 0.2) is 11.5 Å². The predicted octanol–water partition coefficient (Wildman–Crippen LogP) is 1.72. The second kappa shape index (κ2) is 10.4. The molecular weight excluding hydrogens is 432 g/mol. The van der Waals surface area contributed by atoms with Gasteiger partial charge in [0.1, 0.15) is 0 Å². The molecule has 3 N–H and O–H groups in total. The number of methoxy groups -OCH3 is 3. The number of carbonyl (C=O) groups excluding carboxylic acids is 1. The summed E-state index contributed by atoms with van der Waals surface area (Å²) in [4.78, 5) is 22.0. The summed E-state index contributed by atoms with van der Waals surface area (Å²) < 4.78 is 42.4. The van der Waals surface area contributed by atoms with E-state index in [9.17, 15) is 23.3 Å². The van der Waals surface area contributed by atoms with Gasteiger partial charge < -0.3 is 24.8 Å². The molecule has 0 aliphatic carbocycles. The summed E-state index contributed by atoms with van der Waals surface area (Å²) in [7, 11) is 0.359. The number of nitrogens with zero attached hydrogens (tertiary/aromatic N) is 1. The van der Waals surface area contributed by atoms with Gasteiger partial charge >= 0.3 is 6.03 Å². The molecule has 12 nitrogen and oxygen atoms in total. The Balaban J connectivity index is 1.93. The number of ether oxygens (including phenoxy) is 3. The van der Waals surface area contributed by atoms with E-state index in [1.165, 1.54) is 51.7 Å². The first-order valence-electron chi connectivity index (χ1n) is 8.80. The molecule has 0 aromatic heterocycles. The number of anilines is 1. The average molecular weight is 454 g/mol. The lowest BCUT2D eigenvalue weighted by Gasteiger charge is -2.15. The monoisotopic (exact) mass is 454 g/mol. The number of hydrogen-bond donors (Lipinski definition) is 3. The highest BCUT2D eigenvalue weighted by Gasteiger charge is 2.17. The first-order valence-corrected chi connectivity index (χ1v) is 10.3. The first-order chi connectivity index (χ1) is 14.7. The van der Waals surface area contributed by atoms with Crippen LogP contribution in [0, 0.1) is 10.1 Å². The van der Waals surface area contributed by atoms with Gasteiger partial charge in [0.2, 0.25) is 15.8 Å². The molecule has 0 heterocycles. The maximum atomic E-state index is 12.2. The van der Waals surface area contributed by atoms with Gasteiger partial charge in [-0.15, -0.1) is 0 Å². The lowest BCUT2D eigenvalue weighted by molar-refractivity contribution is -0.385. The summed E-state index contributed by atoms with van der Waals surface area (Å²) in [6.07, 6.45) is 0. The number of nitro groups is 1. The molecule has 0 bridgehead atoms. The quantitative estimate of drug-likeness (QED) is 0.278. The van der Waals surface area contributed by atoms with E-state index < -0.39 is 21.0 Å². The zero-order valence-electron chi connectivity index (χ0n) is 17.0. The van der Waals surface area contributed by atoms with Crippen molar-refractivity contribution in [2.75, 3.05) is 39.7 Å². The molecule has 0 aliphatic heterocycles. The van der Waals surface area contributed by atoms with Crippen molar-refractivity contribution >= 4 is 27.4 Å². The van der Waals surface area contributed by atoms with Gasteiger partial charge in [0.05, 0.1) is 36.8 Å². The number of hydrogen-bond acceptors (Lipinski definition) is 8. The third-order valence-electron chi connectivity index (χ3n) is 3.96. The molecule has 0 radical (unpaired) electrons. The van der Waals surface area contributed by atoms with Crippen molar-refractivity contribution in [2.45, 2.75) is 4.90 Å². The molecule has 0 atom stereocenters. The van der Waals surface area contributed by atoms with Gasteiger partial charge in [0, 0.05) is 37.4 Å². The third kappa shape index (κ3) is 6.20. The Labute approximate surface area is 178 Å². The second-order valence-corrected chi connectivity index (χ2v) is 7.71. The van der Waals surface area contributed by atoms with Crippen LogP contribution in [-0.2, 0) is 10.0 Å². The molecule has 0 saturated heterocycles. The Bertz CT molecular complexity index is 1030. The Morgan fingerprint density at radius 2 is 1.68 bits per heavy atom. The smallest absolute Gasteiger partial charge is 0.319 e. The topological polar surface area (TPSA) is 158 Å². The predicted molar refractivity (Wildman–Crippen MR) is 111 cm³/mol. The number of nitro benzene ring substituents is 1. The van der Waals surface area contributed by atoms with Gasteiger partial charge in [-0.25, -0.2) is 17.9 Å². The van der Waals surface area contributed by atoms with E-state index in [1.807, 2.05) is 0 Å². The van der Waals surface area contributed by atoms with E-state index in [-0.39, 0.29) is 23.7 Å². The molecule has 0 fully saturated rings. The van der Waals surface area contributed by atoms with E-state index in [0.29, 0.717) is 22.9 Å². The summed E-state index contributed by atoms with van der Waals surface area (Å²) in [6.45, 7) is -0.169. The fourth-order valence-electron chi connectivity index (χ4n) is 2.54. The highest BCUT2D eigenvalue weighted by Crippen LogP contribution is 2.39. The van der Waals surface area contributed by atoms with Crippen LogP contribution in [0.25, 0.3) is 0 Å². The summed E-state index contributed by atoms with van der Waals surface area (Å²) in [5, 5.41) is 15.9. The van der Waals surface area contributed by atoms with Crippen molar-refractivity contribution in [3.8, 4) is 17.2 Å². The number of amides is 2. The van der Waals surface area contributed by atoms with Gasteiger partial charge in [-0.05, 0) is 6.07 Å². The normalized spacial score (nSPS) is 10.8. The summed E-state index contributed by atoms with van der Waals surface area (Å²) in [6, 6.07) is 7.12. The molecule has 2 rings (SSSR count). The minimum absolute atomic E-state index is 0.0373. The Kier molecular flexibility index (Phi) is 7.99. The lowest BCUT2D eigenvalue weighted by Crippen LogP contribution is -2.36. The van der Waals surface area contributed by atoms with Crippen molar-refractivity contribution in [1.29, 1.82) is 0 Å². The highest BCUT2D eigenvalue weighted by molar-refractivity contribution is 7.89. The van der Waals surface area contributed by atoms with E-state index in [1.54, 1.807) is 0 Å². The molecular formula is C18H22N4O8S. The first kappa shape index (κ1) is 23.7. The minimum atomic E-state index is -3.97. The van der Waals surface area contributed by atoms with Gasteiger partial charge in [-0.3, -0.25) is 10.1 Å². The molecule has 31 heavy (non-hydrogen) atoms. The molecule has 0 spiro atoms. The lowest BCUT2D eigenvalue weighted by atomic mass is 10.2. The van der Waals surface area contributed by atoms with Crippen molar-refractivity contribution in [1.82, 2.24) is 10.0 Å². The molecule has 13 heteroatoms. The number of non-ortho nitro benzene ring substituents is 1. The number of sulfonamides is 1. The molecule has 168 valence electrons. The zero-order chi connectivity index (χ0) is 23.0. The fraction of sp³-hybridized carbons (Fsp3) is 0.278. The van der Waals surface area contributed by atoms with Crippen molar-refractivity contribution in [3.63, 3.8) is 0 Å². The van der Waals surface area contributed by atoms with E-state index >= 15 is 0 Å². The van der Waals surface area contributed by atoms with Crippen molar-refractivity contribution in [2.24, 2.45) is 0 Å². The van der Waals surface area contributed by atoms with Crippen molar-refractivity contribution in [3.05, 3.63) is 46.5 Å². The second-order valence-electron chi connectivity index (χ2n) is 5.95. The van der Waals surface area contributed by atoms with Crippen LogP contribution in [0.15, 0.2) is 41.3 Å². The standard InChI is InChI=1S/C18H22N4O8S/c1-28-15-9-12(10-16(29-2)17(15)30-3)21-18(23)19-7-8-20-31(26,27)14-6-4-5-13(11-14)22(24)25/h4-6,9-11,20H,7-8H2,1-3H3,(H2,19,21,23). The van der Waals surface area contributed by atoms with Gasteiger partial charge in [0.25, 0.3) is 5.69 Å². The molecule has 0 saturated carbocycles. The molecule has 2 aromatic carbocycles. The number of urea groups is 1. The maximum absolute atomic E-state index is 12.2. The number of carbonyl (C=O) groups is 1. The summed E-state index contributed by atoms with van der Waals surface area (Å²) >= 11 is 0. The van der Waals surface area contributed by atoms with E-state index in [2.05, 4.69) is 15.4 Å². The third-order valence-corrected chi connectivity index (χ3v) is 5.42. The summed E-state index contributed by atoms with van der Waals surface area (Å²) in [5.41, 5.74) is 0.0231. The Morgan fingerprint density at radius 1 is 1.03 bits per heavy atom. The van der Waals surface area contributed by atoms with Gasteiger partial charge in [-0.1, -0.05) is 6.07 Å². The largest absolute Gasteiger partial charge is 0.493 e. The van der Waals surface area contributed by atoms with Crippen LogP contribution in [-0.4, -0.2) is 53.8 Å². The average Bonchev–Trinajstić information content (AvgIpc) is 2.76. The SMILES string of the molecule is COc1cc(NC(=O)NCCNS(=O)(=O)c2cccc([N+](=O)[O-])c2)cc(OC)c1OC. The van der Waals surface area contributed by atoms with E-state index in [4.69, 9.17) is 14.2 Å². The Hall–Kier alpha value is -3.58. The van der Waals surface area contributed by atoms with Crippen LogP contribution in [0.3, 0.4) is 0 Å². The van der Waals surface area contributed by atoms with Crippen LogP contribution in [0.1, 0.15) is 0 Å². The van der Waals surface area contributed by atoms with Crippen molar-refractivity contribution < 1.29 is 32.3 Å². The number of rotatable bonds is 10. The zero-order valence-corrected chi connectivity index (χ0v) is 17.8. The minimum Gasteiger partial charge on any atom is -0.493 e. The van der Waals surface area contributed by atoms with E-state index in [0.717, 1.165) is 6.07 Å². The molecule has 2 amide bonds. The molecule has 0 unspecified atom stereocenters. The molecule has 0 aliphatic rings. The maximum Gasteiger partial charge on any atom is 0.319 e. The molecule has 2 aromatic rings. The summed E-state index contributed by atoms with van der Waals surface area (Å²) in [5.74, 6) is 1.07. The van der Waals surface area contributed by atoms with Crippen LogP contribution < -0.4 is 29.6 Å². The van der Waals surface area contributed by atoms with Crippen LogP contribution in [0.2, 0.25) is 0 Å². The van der Waals surface area contributed by atoms with Crippen LogP contribution in [0.5, 0.6) is 17.2 Å².